The van der Waals surface area contributed by atoms with Crippen molar-refractivity contribution in [3.05, 3.63) is 81.6 Å². The van der Waals surface area contributed by atoms with E-state index in [1.165, 1.54) is 11.1 Å². The van der Waals surface area contributed by atoms with Gasteiger partial charge in [-0.05, 0) is 65.5 Å². The third kappa shape index (κ3) is 12.0. The average Bonchev–Trinajstić information content (AvgIpc) is 2.66. The zero-order chi connectivity index (χ0) is 25.4. The zero-order valence-electron chi connectivity index (χ0n) is 20.2. The number of nitrogens with two attached hydrogens (primary N) is 2. The highest BCUT2D eigenvalue weighted by atomic mass is 32.2. The van der Waals surface area contributed by atoms with Gasteiger partial charge in [0.25, 0.3) is 0 Å². The van der Waals surface area contributed by atoms with E-state index in [1.807, 2.05) is 48.5 Å². The molecule has 0 aromatic heterocycles. The van der Waals surface area contributed by atoms with Crippen molar-refractivity contribution >= 4 is 31.2 Å². The van der Waals surface area contributed by atoms with Crippen molar-refractivity contribution in [1.82, 2.24) is 0 Å². The summed E-state index contributed by atoms with van der Waals surface area (Å²) in [6.07, 6.45) is 1.03. The van der Waals surface area contributed by atoms with Gasteiger partial charge in [-0.25, -0.2) is 27.1 Å². The van der Waals surface area contributed by atoms with E-state index in [4.69, 9.17) is 10.3 Å². The standard InChI is InChI=1S/C13H19NO2S.C12H17NO2S/c1-10(2)8-12-4-6-13(7-5-12)11(3)9-17(14,15)16;1-9(2)11-5-4-6-12(7-11)10(3)8-16(13,14)15/h4-7,9-10H,8H2,1-3H3,(H2,14,15,16);4-9H,1-3H3,(H2,13,14,15)/b11-9+;10-8+. The molecule has 0 aliphatic carbocycles. The highest BCUT2D eigenvalue weighted by Gasteiger charge is 2.05. The van der Waals surface area contributed by atoms with Crippen molar-refractivity contribution in [1.29, 1.82) is 0 Å². The molecule has 33 heavy (non-hydrogen) atoms. The molecular weight excluding hydrogens is 456 g/mol. The predicted octanol–water partition coefficient (Wildman–Crippen LogP) is 4.99. The van der Waals surface area contributed by atoms with E-state index >= 15 is 0 Å². The molecule has 0 saturated carbocycles. The molecular formula is C25H36N2O4S2. The first-order valence-corrected chi connectivity index (χ1v) is 13.9. The van der Waals surface area contributed by atoms with Gasteiger partial charge in [0.2, 0.25) is 20.0 Å². The van der Waals surface area contributed by atoms with Gasteiger partial charge in [0.15, 0.2) is 0 Å². The molecule has 0 saturated heterocycles. The molecule has 6 nitrogen and oxygen atoms in total. The maximum Gasteiger partial charge on any atom is 0.231 e. The second-order valence-corrected chi connectivity index (χ2v) is 11.7. The molecule has 0 amide bonds. The highest BCUT2D eigenvalue weighted by molar-refractivity contribution is 7.92. The molecule has 0 fully saturated rings. The minimum absolute atomic E-state index is 0.419. The van der Waals surface area contributed by atoms with E-state index in [9.17, 15) is 16.8 Å². The fraction of sp³-hybridized carbons (Fsp3) is 0.360. The van der Waals surface area contributed by atoms with Crippen LogP contribution in [0.1, 0.15) is 69.7 Å². The first-order valence-electron chi connectivity index (χ1n) is 10.7. The first kappa shape index (κ1) is 28.8. The number of hydrogen-bond acceptors (Lipinski definition) is 4. The third-order valence-corrected chi connectivity index (χ3v) is 6.11. The number of allylic oxidation sites excluding steroid dienone is 2. The third-order valence-electron chi connectivity index (χ3n) is 4.74. The van der Waals surface area contributed by atoms with Crippen LogP contribution in [0.3, 0.4) is 0 Å². The summed E-state index contributed by atoms with van der Waals surface area (Å²) in [5.41, 5.74) is 5.52. The largest absolute Gasteiger partial charge is 0.231 e. The van der Waals surface area contributed by atoms with Crippen molar-refractivity contribution in [3.8, 4) is 0 Å². The van der Waals surface area contributed by atoms with Gasteiger partial charge in [0.05, 0.1) is 0 Å². The van der Waals surface area contributed by atoms with Gasteiger partial charge >= 0.3 is 0 Å². The zero-order valence-corrected chi connectivity index (χ0v) is 21.9. The van der Waals surface area contributed by atoms with Gasteiger partial charge in [-0.15, -0.1) is 0 Å². The van der Waals surface area contributed by atoms with Crippen LogP contribution in [0.2, 0.25) is 0 Å². The summed E-state index contributed by atoms with van der Waals surface area (Å²) in [5.74, 6) is 1.03. The van der Waals surface area contributed by atoms with Crippen LogP contribution in [0.25, 0.3) is 11.1 Å². The highest BCUT2D eigenvalue weighted by Crippen LogP contribution is 2.21. The molecule has 2 aromatic rings. The number of sulfonamides is 2. The van der Waals surface area contributed by atoms with E-state index in [2.05, 4.69) is 27.7 Å². The molecule has 4 N–H and O–H groups in total. The lowest BCUT2D eigenvalue weighted by molar-refractivity contribution is 0.604. The number of benzene rings is 2. The van der Waals surface area contributed by atoms with E-state index in [0.717, 1.165) is 28.4 Å². The van der Waals surface area contributed by atoms with Gasteiger partial charge in [-0.1, -0.05) is 76.2 Å². The summed E-state index contributed by atoms with van der Waals surface area (Å²) in [7, 11) is -7.13. The Morgan fingerprint density at radius 3 is 1.70 bits per heavy atom. The number of rotatable bonds is 7. The molecule has 0 atom stereocenters. The molecule has 0 radical (unpaired) electrons. The summed E-state index contributed by atoms with van der Waals surface area (Å²) in [6.45, 7) is 12.0. The average molecular weight is 493 g/mol. The Kier molecular flexibility index (Phi) is 10.7. The normalized spacial score (nSPS) is 13.2. The quantitative estimate of drug-likeness (QED) is 0.565. The molecule has 0 aliphatic heterocycles. The molecule has 0 bridgehead atoms. The molecule has 0 unspecified atom stereocenters. The molecule has 2 rings (SSSR count). The lowest BCUT2D eigenvalue weighted by Gasteiger charge is -2.08. The summed E-state index contributed by atoms with van der Waals surface area (Å²) in [4.78, 5) is 0. The van der Waals surface area contributed by atoms with Crippen LogP contribution >= 0.6 is 0 Å². The molecule has 182 valence electrons. The van der Waals surface area contributed by atoms with Gasteiger partial charge in [0.1, 0.15) is 0 Å². The Bertz CT molecular complexity index is 1190. The van der Waals surface area contributed by atoms with Crippen molar-refractivity contribution in [2.45, 2.75) is 53.9 Å². The van der Waals surface area contributed by atoms with Crippen molar-refractivity contribution in [2.75, 3.05) is 0 Å². The Morgan fingerprint density at radius 2 is 1.27 bits per heavy atom. The van der Waals surface area contributed by atoms with Gasteiger partial charge in [0, 0.05) is 10.8 Å². The summed E-state index contributed by atoms with van der Waals surface area (Å²) >= 11 is 0. The van der Waals surface area contributed by atoms with Crippen LogP contribution in [0.15, 0.2) is 59.3 Å². The topological polar surface area (TPSA) is 120 Å². The SMILES string of the molecule is C/C(=C\S(N)(=O)=O)c1ccc(CC(C)C)cc1.C/C(=C\S(N)(=O)=O)c1cccc(C(C)C)c1. The second kappa shape index (κ2) is 12.3. The van der Waals surface area contributed by atoms with Crippen LogP contribution in [0.4, 0.5) is 0 Å². The van der Waals surface area contributed by atoms with Gasteiger partial charge in [-0.2, -0.15) is 0 Å². The second-order valence-electron chi connectivity index (χ2n) is 8.85. The van der Waals surface area contributed by atoms with E-state index in [1.54, 1.807) is 13.8 Å². The lowest BCUT2D eigenvalue weighted by atomic mass is 9.99. The fourth-order valence-corrected chi connectivity index (χ4v) is 4.40. The van der Waals surface area contributed by atoms with Gasteiger partial charge in [-0.3, -0.25) is 0 Å². The fourth-order valence-electron chi connectivity index (χ4n) is 3.15. The molecule has 0 spiro atoms. The predicted molar refractivity (Wildman–Crippen MR) is 139 cm³/mol. The molecule has 8 heteroatoms. The van der Waals surface area contributed by atoms with Gasteiger partial charge < -0.3 is 0 Å². The minimum Gasteiger partial charge on any atom is -0.225 e. The molecule has 0 aliphatic rings. The summed E-state index contributed by atoms with van der Waals surface area (Å²) in [6, 6.07) is 15.7. The summed E-state index contributed by atoms with van der Waals surface area (Å²) < 4.78 is 43.7. The van der Waals surface area contributed by atoms with E-state index < -0.39 is 20.0 Å². The van der Waals surface area contributed by atoms with Crippen LogP contribution in [0.5, 0.6) is 0 Å². The summed E-state index contributed by atoms with van der Waals surface area (Å²) in [5, 5.41) is 12.1. The van der Waals surface area contributed by atoms with Crippen LogP contribution in [0, 0.1) is 5.92 Å². The minimum atomic E-state index is -3.57. The lowest BCUT2D eigenvalue weighted by Crippen LogP contribution is -2.07. The Hall–Kier alpha value is -2.26. The van der Waals surface area contributed by atoms with Crippen molar-refractivity contribution in [3.63, 3.8) is 0 Å². The van der Waals surface area contributed by atoms with Crippen LogP contribution in [-0.4, -0.2) is 16.8 Å². The Balaban J connectivity index is 0.000000331. The molecule has 0 heterocycles. The van der Waals surface area contributed by atoms with Crippen LogP contribution < -0.4 is 10.3 Å². The number of hydrogen-bond donors (Lipinski definition) is 2. The van der Waals surface area contributed by atoms with Crippen molar-refractivity contribution in [2.24, 2.45) is 16.2 Å². The monoisotopic (exact) mass is 492 g/mol. The first-order chi connectivity index (χ1) is 15.1. The number of primary sulfonamides is 2. The molecule has 2 aromatic carbocycles. The van der Waals surface area contributed by atoms with Crippen molar-refractivity contribution < 1.29 is 16.8 Å². The van der Waals surface area contributed by atoms with E-state index in [0.29, 0.717) is 23.0 Å². The maximum absolute atomic E-state index is 10.9. The van der Waals surface area contributed by atoms with E-state index in [-0.39, 0.29) is 0 Å². The Labute approximate surface area is 199 Å². The maximum atomic E-state index is 10.9. The Morgan fingerprint density at radius 1 is 0.788 bits per heavy atom. The smallest absolute Gasteiger partial charge is 0.225 e. The van der Waals surface area contributed by atoms with Crippen LogP contribution in [-0.2, 0) is 26.5 Å².